The number of carbonyl (C=O) groups is 1. The van der Waals surface area contributed by atoms with Gasteiger partial charge in [-0.1, -0.05) is 0 Å². The third-order valence-electron chi connectivity index (χ3n) is 3.67. The fourth-order valence-electron chi connectivity index (χ4n) is 2.25. The van der Waals surface area contributed by atoms with Gasteiger partial charge in [0.05, 0.1) is 27.5 Å². The molecule has 0 radical (unpaired) electrons. The summed E-state index contributed by atoms with van der Waals surface area (Å²) in [7, 11) is -2.64. The SMILES string of the molecule is COc1ccc([N+](=O)[O-])cc1NC(=O)CCNS(=O)(=O)c1ccc([N+](=O)[O-])cc1. The molecule has 12 nitrogen and oxygen atoms in total. The Labute approximate surface area is 164 Å². The average Bonchev–Trinajstić information content (AvgIpc) is 2.67. The maximum Gasteiger partial charge on any atom is 0.271 e. The molecule has 0 aliphatic carbocycles. The molecule has 2 aromatic rings. The van der Waals surface area contributed by atoms with Crippen LogP contribution in [0.4, 0.5) is 17.1 Å². The number of nitrogens with one attached hydrogen (secondary N) is 2. The van der Waals surface area contributed by atoms with Crippen LogP contribution in [0.3, 0.4) is 0 Å². The quantitative estimate of drug-likeness (QED) is 0.453. The highest BCUT2D eigenvalue weighted by Gasteiger charge is 2.17. The third-order valence-corrected chi connectivity index (χ3v) is 5.15. The normalized spacial score (nSPS) is 10.9. The van der Waals surface area contributed by atoms with Gasteiger partial charge in [0.1, 0.15) is 5.75 Å². The molecule has 13 heteroatoms. The van der Waals surface area contributed by atoms with Crippen LogP contribution in [0.5, 0.6) is 5.75 Å². The molecule has 0 bridgehead atoms. The van der Waals surface area contributed by atoms with Crippen molar-refractivity contribution in [2.24, 2.45) is 0 Å². The minimum atomic E-state index is -3.97. The maximum absolute atomic E-state index is 12.2. The molecule has 0 aliphatic heterocycles. The second kappa shape index (κ2) is 9.07. The van der Waals surface area contributed by atoms with Crippen molar-refractivity contribution in [3.05, 3.63) is 62.7 Å². The number of nitro benzene ring substituents is 2. The fraction of sp³-hybridized carbons (Fsp3) is 0.188. The van der Waals surface area contributed by atoms with E-state index in [0.29, 0.717) is 0 Å². The second-order valence-corrected chi connectivity index (χ2v) is 7.36. The van der Waals surface area contributed by atoms with Crippen molar-refractivity contribution in [1.82, 2.24) is 4.72 Å². The minimum absolute atomic E-state index is 0.0740. The first-order valence-electron chi connectivity index (χ1n) is 8.00. The van der Waals surface area contributed by atoms with Crippen molar-refractivity contribution < 1.29 is 27.8 Å². The van der Waals surface area contributed by atoms with Gasteiger partial charge >= 0.3 is 0 Å². The van der Waals surface area contributed by atoms with E-state index in [4.69, 9.17) is 4.74 Å². The fourth-order valence-corrected chi connectivity index (χ4v) is 3.28. The van der Waals surface area contributed by atoms with Crippen molar-refractivity contribution in [2.75, 3.05) is 19.0 Å². The Morgan fingerprint density at radius 2 is 1.62 bits per heavy atom. The van der Waals surface area contributed by atoms with Gasteiger partial charge in [-0.2, -0.15) is 0 Å². The molecule has 154 valence electrons. The third kappa shape index (κ3) is 5.70. The van der Waals surface area contributed by atoms with Crippen LogP contribution in [0.1, 0.15) is 6.42 Å². The van der Waals surface area contributed by atoms with Gasteiger partial charge < -0.3 is 10.1 Å². The van der Waals surface area contributed by atoms with Crippen molar-refractivity contribution in [1.29, 1.82) is 0 Å². The number of sulfonamides is 1. The van der Waals surface area contributed by atoms with Crippen molar-refractivity contribution in [3.63, 3.8) is 0 Å². The van der Waals surface area contributed by atoms with E-state index in [2.05, 4.69) is 10.0 Å². The van der Waals surface area contributed by atoms with E-state index in [1.54, 1.807) is 0 Å². The molecule has 29 heavy (non-hydrogen) atoms. The molecule has 0 saturated heterocycles. The zero-order chi connectivity index (χ0) is 21.6. The zero-order valence-corrected chi connectivity index (χ0v) is 15.8. The first-order valence-corrected chi connectivity index (χ1v) is 9.49. The average molecular weight is 424 g/mol. The second-order valence-electron chi connectivity index (χ2n) is 5.59. The van der Waals surface area contributed by atoms with E-state index in [9.17, 15) is 33.4 Å². The van der Waals surface area contributed by atoms with Gasteiger partial charge in [-0.25, -0.2) is 13.1 Å². The highest BCUT2D eigenvalue weighted by Crippen LogP contribution is 2.28. The molecule has 0 fully saturated rings. The molecule has 0 heterocycles. The first-order chi connectivity index (χ1) is 13.6. The van der Waals surface area contributed by atoms with E-state index >= 15 is 0 Å². The highest BCUT2D eigenvalue weighted by molar-refractivity contribution is 7.89. The summed E-state index contributed by atoms with van der Waals surface area (Å²) in [5, 5.41) is 23.9. The Hall–Kier alpha value is -3.58. The number of carbonyl (C=O) groups excluding carboxylic acids is 1. The topological polar surface area (TPSA) is 171 Å². The standard InChI is InChI=1S/C16H16N4O8S/c1-28-15-7-4-12(20(24)25)10-14(15)18-16(21)8-9-17-29(26,27)13-5-2-11(3-6-13)19(22)23/h2-7,10,17H,8-9H2,1H3,(H,18,21). The smallest absolute Gasteiger partial charge is 0.271 e. The van der Waals surface area contributed by atoms with Gasteiger partial charge in [-0.15, -0.1) is 0 Å². The summed E-state index contributed by atoms with van der Waals surface area (Å²) in [6.45, 7) is -0.262. The van der Waals surface area contributed by atoms with Gasteiger partial charge in [-0.3, -0.25) is 25.0 Å². The Bertz CT molecular complexity index is 1040. The summed E-state index contributed by atoms with van der Waals surface area (Å²) in [4.78, 5) is 32.0. The number of ether oxygens (including phenoxy) is 1. The molecular formula is C16H16N4O8S. The van der Waals surface area contributed by atoms with Crippen LogP contribution in [0.2, 0.25) is 0 Å². The van der Waals surface area contributed by atoms with Crippen molar-refractivity contribution in [3.8, 4) is 5.75 Å². The largest absolute Gasteiger partial charge is 0.495 e. The molecular weight excluding hydrogens is 408 g/mol. The lowest BCUT2D eigenvalue weighted by atomic mass is 10.2. The summed E-state index contributed by atoms with van der Waals surface area (Å²) in [5.74, 6) is -0.398. The zero-order valence-electron chi connectivity index (χ0n) is 15.0. The van der Waals surface area contributed by atoms with Crippen molar-refractivity contribution in [2.45, 2.75) is 11.3 Å². The van der Waals surface area contributed by atoms with E-state index in [-0.39, 0.29) is 40.7 Å². The summed E-state index contributed by atoms with van der Waals surface area (Å²) < 4.78 is 31.6. The highest BCUT2D eigenvalue weighted by atomic mass is 32.2. The number of anilines is 1. The lowest BCUT2D eigenvalue weighted by molar-refractivity contribution is -0.385. The van der Waals surface area contributed by atoms with E-state index in [0.717, 1.165) is 30.3 Å². The van der Waals surface area contributed by atoms with Gasteiger partial charge in [-0.05, 0) is 18.2 Å². The Kier molecular flexibility index (Phi) is 6.80. The maximum atomic E-state index is 12.2. The van der Waals surface area contributed by atoms with E-state index in [1.807, 2.05) is 0 Å². The Morgan fingerprint density at radius 3 is 2.17 bits per heavy atom. The van der Waals surface area contributed by atoms with Gasteiger partial charge in [0.25, 0.3) is 11.4 Å². The Balaban J connectivity index is 1.98. The number of nitro groups is 2. The number of benzene rings is 2. The minimum Gasteiger partial charge on any atom is -0.495 e. The molecule has 0 saturated carbocycles. The summed E-state index contributed by atoms with van der Waals surface area (Å²) in [6, 6.07) is 7.92. The van der Waals surface area contributed by atoms with Crippen LogP contribution in [-0.4, -0.2) is 37.8 Å². The molecule has 0 aliphatic rings. The van der Waals surface area contributed by atoms with Crippen LogP contribution in [0, 0.1) is 20.2 Å². The lowest BCUT2D eigenvalue weighted by Crippen LogP contribution is -2.27. The van der Waals surface area contributed by atoms with Gasteiger partial charge in [0, 0.05) is 37.2 Å². The van der Waals surface area contributed by atoms with Crippen LogP contribution < -0.4 is 14.8 Å². The molecule has 0 unspecified atom stereocenters. The predicted molar refractivity (Wildman–Crippen MR) is 101 cm³/mol. The van der Waals surface area contributed by atoms with Crippen molar-refractivity contribution >= 4 is 33.0 Å². The number of hydrogen-bond acceptors (Lipinski definition) is 8. The number of methoxy groups -OCH3 is 1. The van der Waals surface area contributed by atoms with Crippen LogP contribution >= 0.6 is 0 Å². The van der Waals surface area contributed by atoms with Gasteiger partial charge in [0.15, 0.2) is 0 Å². The number of non-ortho nitro benzene ring substituents is 2. The number of nitrogens with zero attached hydrogens (tertiary/aromatic N) is 2. The van der Waals surface area contributed by atoms with Crippen LogP contribution in [-0.2, 0) is 14.8 Å². The molecule has 2 aromatic carbocycles. The van der Waals surface area contributed by atoms with E-state index < -0.39 is 25.8 Å². The van der Waals surface area contributed by atoms with E-state index in [1.165, 1.54) is 19.2 Å². The summed E-state index contributed by atoms with van der Waals surface area (Å²) in [5.41, 5.74) is -0.431. The molecule has 2 rings (SSSR count). The first kappa shape index (κ1) is 21.7. The molecule has 2 N–H and O–H groups in total. The van der Waals surface area contributed by atoms with Gasteiger partial charge in [0.2, 0.25) is 15.9 Å². The number of amides is 1. The lowest BCUT2D eigenvalue weighted by Gasteiger charge is -2.10. The van der Waals surface area contributed by atoms with Crippen LogP contribution in [0.15, 0.2) is 47.4 Å². The molecule has 1 amide bonds. The molecule has 0 atom stereocenters. The molecule has 0 spiro atoms. The predicted octanol–water partition coefficient (Wildman–Crippen LogP) is 1.82. The summed E-state index contributed by atoms with van der Waals surface area (Å²) >= 11 is 0. The number of rotatable bonds is 9. The summed E-state index contributed by atoms with van der Waals surface area (Å²) in [6.07, 6.45) is -0.266. The number of hydrogen-bond donors (Lipinski definition) is 2. The van der Waals surface area contributed by atoms with Crippen LogP contribution in [0.25, 0.3) is 0 Å². The molecule has 0 aromatic heterocycles. The Morgan fingerprint density at radius 1 is 1.03 bits per heavy atom. The monoisotopic (exact) mass is 424 g/mol.